The van der Waals surface area contributed by atoms with Crippen molar-refractivity contribution in [2.75, 3.05) is 36.0 Å². The van der Waals surface area contributed by atoms with E-state index in [9.17, 15) is 15.3 Å². The molecule has 0 spiro atoms. The summed E-state index contributed by atoms with van der Waals surface area (Å²) >= 11 is 0. The van der Waals surface area contributed by atoms with Crippen molar-refractivity contribution in [1.82, 2.24) is 0 Å². The van der Waals surface area contributed by atoms with Crippen molar-refractivity contribution in [3.05, 3.63) is 113 Å². The number of hydrogen-bond donors (Lipinski definition) is 3. The van der Waals surface area contributed by atoms with Crippen molar-refractivity contribution in [2.45, 2.75) is 98.1 Å². The minimum atomic E-state index is -0.516. The van der Waals surface area contributed by atoms with Crippen LogP contribution in [0.2, 0.25) is 0 Å². The zero-order valence-electron chi connectivity index (χ0n) is 31.3. The summed E-state index contributed by atoms with van der Waals surface area (Å²) in [5.41, 5.74) is 6.86. The fourth-order valence-electron chi connectivity index (χ4n) is 6.38. The molecule has 50 heavy (non-hydrogen) atoms. The third-order valence-corrected chi connectivity index (χ3v) is 9.12. The Bertz CT molecular complexity index is 1610. The third-order valence-electron chi connectivity index (χ3n) is 9.12. The van der Waals surface area contributed by atoms with Crippen LogP contribution in [0, 0.1) is 0 Å². The highest BCUT2D eigenvalue weighted by molar-refractivity contribution is 5.52. The molecule has 270 valence electrons. The standard InChI is InChI=1S/C43H58N2O5/c1-9-34-12-11-13-36(24-34)43(7,8)37-14-23-42(35(10-2)25-37)49-33(6)29-45(28-32(5)48)39-17-21-41(22-18-39)50-40-19-15-38(16-20-40)44(26-30(3)46)27-31(4)47/h11-25,30-33,46-48H,9-10,26-29H2,1-8H3. The lowest BCUT2D eigenvalue weighted by Gasteiger charge is -2.30. The van der Waals surface area contributed by atoms with Crippen LogP contribution in [0.25, 0.3) is 0 Å². The number of rotatable bonds is 18. The van der Waals surface area contributed by atoms with Gasteiger partial charge in [-0.1, -0.05) is 64.1 Å². The minimum Gasteiger partial charge on any atom is -0.489 e. The normalized spacial score (nSPS) is 14.1. The minimum absolute atomic E-state index is 0.129. The summed E-state index contributed by atoms with van der Waals surface area (Å²) in [5.74, 6) is 2.28. The Morgan fingerprint density at radius 1 is 0.600 bits per heavy atom. The van der Waals surface area contributed by atoms with Crippen molar-refractivity contribution in [1.29, 1.82) is 0 Å². The molecule has 0 aromatic heterocycles. The highest BCUT2D eigenvalue weighted by Gasteiger charge is 2.25. The lowest BCUT2D eigenvalue weighted by atomic mass is 9.77. The molecule has 7 heteroatoms. The van der Waals surface area contributed by atoms with E-state index in [1.54, 1.807) is 20.8 Å². The molecule has 0 bridgehead atoms. The second-order valence-electron chi connectivity index (χ2n) is 14.2. The number of aryl methyl sites for hydroxylation is 2. The Kier molecular flexibility index (Phi) is 13.8. The van der Waals surface area contributed by atoms with Gasteiger partial charge in [0.15, 0.2) is 0 Å². The first-order valence-electron chi connectivity index (χ1n) is 18.1. The fraction of sp³-hybridized carbons (Fsp3) is 0.442. The van der Waals surface area contributed by atoms with Gasteiger partial charge in [0, 0.05) is 36.4 Å². The van der Waals surface area contributed by atoms with Gasteiger partial charge in [-0.05, 0) is 117 Å². The summed E-state index contributed by atoms with van der Waals surface area (Å²) in [4.78, 5) is 4.11. The summed E-state index contributed by atoms with van der Waals surface area (Å²) in [6.07, 6.45) is 0.210. The number of anilines is 2. The van der Waals surface area contributed by atoms with Crippen LogP contribution in [-0.2, 0) is 18.3 Å². The third kappa shape index (κ3) is 10.7. The summed E-state index contributed by atoms with van der Waals surface area (Å²) in [6, 6.07) is 31.0. The molecule has 4 rings (SSSR count). The molecule has 4 aromatic rings. The fourth-order valence-corrected chi connectivity index (χ4v) is 6.38. The second-order valence-corrected chi connectivity index (χ2v) is 14.2. The maximum atomic E-state index is 10.4. The van der Waals surface area contributed by atoms with E-state index in [1.807, 2.05) is 53.4 Å². The lowest BCUT2D eigenvalue weighted by Crippen LogP contribution is -2.38. The quantitative estimate of drug-likeness (QED) is 0.0977. The number of aliphatic hydroxyl groups excluding tert-OH is 3. The van der Waals surface area contributed by atoms with E-state index < -0.39 is 18.3 Å². The number of hydrogen-bond acceptors (Lipinski definition) is 7. The van der Waals surface area contributed by atoms with E-state index in [0.717, 1.165) is 30.0 Å². The van der Waals surface area contributed by atoms with Gasteiger partial charge >= 0.3 is 0 Å². The molecular formula is C43H58N2O5. The Hall–Kier alpha value is -4.04. The monoisotopic (exact) mass is 682 g/mol. The molecule has 0 saturated carbocycles. The van der Waals surface area contributed by atoms with Crippen LogP contribution in [0.5, 0.6) is 17.2 Å². The zero-order chi connectivity index (χ0) is 36.4. The molecule has 3 N–H and O–H groups in total. The smallest absolute Gasteiger partial charge is 0.127 e. The molecule has 0 saturated heterocycles. The Balaban J connectivity index is 1.43. The maximum Gasteiger partial charge on any atom is 0.127 e. The van der Waals surface area contributed by atoms with E-state index in [-0.39, 0.29) is 11.5 Å². The Labute approximate surface area is 300 Å². The molecule has 4 unspecified atom stereocenters. The van der Waals surface area contributed by atoms with Gasteiger partial charge in [-0.15, -0.1) is 0 Å². The first-order valence-corrected chi connectivity index (χ1v) is 18.1. The average Bonchev–Trinajstić information content (AvgIpc) is 3.08. The first kappa shape index (κ1) is 38.8. The van der Waals surface area contributed by atoms with E-state index in [0.29, 0.717) is 37.7 Å². The highest BCUT2D eigenvalue weighted by Crippen LogP contribution is 2.35. The number of aliphatic hydroxyl groups is 3. The largest absolute Gasteiger partial charge is 0.489 e. The molecule has 7 nitrogen and oxygen atoms in total. The van der Waals surface area contributed by atoms with E-state index in [4.69, 9.17) is 9.47 Å². The summed E-state index contributed by atoms with van der Waals surface area (Å²) in [6.45, 7) is 18.2. The van der Waals surface area contributed by atoms with Gasteiger partial charge < -0.3 is 34.6 Å². The molecule has 0 aliphatic carbocycles. The molecule has 0 aliphatic heterocycles. The van der Waals surface area contributed by atoms with E-state index in [2.05, 4.69) is 82.0 Å². The first-order chi connectivity index (χ1) is 23.8. The number of nitrogens with zero attached hydrogens (tertiary/aromatic N) is 2. The molecule has 4 aromatic carbocycles. The molecule has 4 atom stereocenters. The SMILES string of the molecule is CCc1cccc(C(C)(C)c2ccc(OC(C)CN(CC(C)O)c3ccc(Oc4ccc(N(CC(C)O)CC(C)O)cc4)cc3)c(CC)c2)c1. The van der Waals surface area contributed by atoms with Gasteiger partial charge in [-0.3, -0.25) is 0 Å². The maximum absolute atomic E-state index is 10.4. The Morgan fingerprint density at radius 3 is 1.58 bits per heavy atom. The van der Waals surface area contributed by atoms with Crippen molar-refractivity contribution in [3.8, 4) is 17.2 Å². The number of benzene rings is 4. The van der Waals surface area contributed by atoms with Crippen LogP contribution in [-0.4, -0.2) is 65.9 Å². The summed E-state index contributed by atoms with van der Waals surface area (Å²) < 4.78 is 12.7. The molecule has 0 radical (unpaired) electrons. The summed E-state index contributed by atoms with van der Waals surface area (Å²) in [7, 11) is 0. The average molecular weight is 683 g/mol. The predicted molar refractivity (Wildman–Crippen MR) is 206 cm³/mol. The van der Waals surface area contributed by atoms with Crippen LogP contribution in [0.3, 0.4) is 0 Å². The van der Waals surface area contributed by atoms with Crippen molar-refractivity contribution in [2.24, 2.45) is 0 Å². The molecule has 0 heterocycles. The van der Waals surface area contributed by atoms with Crippen molar-refractivity contribution < 1.29 is 24.8 Å². The number of ether oxygens (including phenoxy) is 2. The molecule has 0 amide bonds. The van der Waals surface area contributed by atoms with Crippen LogP contribution in [0.1, 0.15) is 77.6 Å². The van der Waals surface area contributed by atoms with Crippen LogP contribution in [0.4, 0.5) is 11.4 Å². The van der Waals surface area contributed by atoms with Crippen LogP contribution >= 0.6 is 0 Å². The topological polar surface area (TPSA) is 85.6 Å². The molecular weight excluding hydrogens is 624 g/mol. The van der Waals surface area contributed by atoms with E-state index >= 15 is 0 Å². The predicted octanol–water partition coefficient (Wildman–Crippen LogP) is 8.15. The zero-order valence-corrected chi connectivity index (χ0v) is 31.3. The summed E-state index contributed by atoms with van der Waals surface area (Å²) in [5, 5.41) is 30.2. The highest BCUT2D eigenvalue weighted by atomic mass is 16.5. The van der Waals surface area contributed by atoms with Gasteiger partial charge in [0.1, 0.15) is 23.4 Å². The van der Waals surface area contributed by atoms with Crippen molar-refractivity contribution >= 4 is 11.4 Å². The van der Waals surface area contributed by atoms with Gasteiger partial charge in [0.05, 0.1) is 24.9 Å². The second kappa shape index (κ2) is 17.8. The van der Waals surface area contributed by atoms with Crippen LogP contribution < -0.4 is 19.3 Å². The van der Waals surface area contributed by atoms with Gasteiger partial charge in [0.2, 0.25) is 0 Å². The van der Waals surface area contributed by atoms with Gasteiger partial charge in [-0.25, -0.2) is 0 Å². The lowest BCUT2D eigenvalue weighted by molar-refractivity contribution is 0.178. The van der Waals surface area contributed by atoms with Crippen LogP contribution in [0.15, 0.2) is 91.0 Å². The van der Waals surface area contributed by atoms with Gasteiger partial charge in [0.25, 0.3) is 0 Å². The Morgan fingerprint density at radius 2 is 1.10 bits per heavy atom. The molecule has 0 aliphatic rings. The van der Waals surface area contributed by atoms with E-state index in [1.165, 1.54) is 22.3 Å². The van der Waals surface area contributed by atoms with Crippen molar-refractivity contribution in [3.63, 3.8) is 0 Å². The van der Waals surface area contributed by atoms with Gasteiger partial charge in [-0.2, -0.15) is 0 Å². The molecule has 0 fully saturated rings.